The van der Waals surface area contributed by atoms with Gasteiger partial charge in [-0.25, -0.2) is 4.68 Å². The Bertz CT molecular complexity index is 1110. The molecule has 2 aromatic heterocycles. The topological polar surface area (TPSA) is 79.7 Å². The Morgan fingerprint density at radius 1 is 1.07 bits per heavy atom. The number of para-hydroxylation sites is 1. The lowest BCUT2D eigenvalue weighted by Gasteiger charge is -2.32. The number of hydrogen-bond acceptors (Lipinski definition) is 4. The normalized spacial score (nSPS) is 15.2. The molecular formula is C21H20N6O. The summed E-state index contributed by atoms with van der Waals surface area (Å²) in [6.07, 6.45) is 5.60. The molecule has 0 unspecified atom stereocenters. The lowest BCUT2D eigenvalue weighted by atomic mass is 9.89. The van der Waals surface area contributed by atoms with Crippen molar-refractivity contribution in [2.75, 3.05) is 13.1 Å². The van der Waals surface area contributed by atoms with Crippen LogP contribution < -0.4 is 0 Å². The zero-order chi connectivity index (χ0) is 18.9. The molecule has 1 aliphatic rings. The van der Waals surface area contributed by atoms with Gasteiger partial charge in [-0.15, -0.1) is 5.10 Å². The van der Waals surface area contributed by atoms with E-state index >= 15 is 0 Å². The summed E-state index contributed by atoms with van der Waals surface area (Å²) >= 11 is 0. The first-order valence-corrected chi connectivity index (χ1v) is 9.48. The van der Waals surface area contributed by atoms with Gasteiger partial charge in [-0.05, 0) is 59.0 Å². The number of aromatic nitrogens is 5. The molecule has 28 heavy (non-hydrogen) atoms. The predicted molar refractivity (Wildman–Crippen MR) is 105 cm³/mol. The molecule has 0 bridgehead atoms. The maximum absolute atomic E-state index is 13.0. The molecule has 4 aromatic rings. The molecule has 7 heteroatoms. The van der Waals surface area contributed by atoms with Crippen LogP contribution in [0.5, 0.6) is 0 Å². The summed E-state index contributed by atoms with van der Waals surface area (Å²) in [5.74, 6) is 0.542. The number of nitrogens with one attached hydrogen (secondary N) is 1. The van der Waals surface area contributed by atoms with Crippen molar-refractivity contribution in [1.29, 1.82) is 0 Å². The minimum atomic E-state index is 0.0623. The number of rotatable bonds is 3. The van der Waals surface area contributed by atoms with Gasteiger partial charge in [-0.2, -0.15) is 0 Å². The monoisotopic (exact) mass is 372 g/mol. The number of benzene rings is 2. The average Bonchev–Trinajstić information content (AvgIpc) is 3.44. The first kappa shape index (κ1) is 16.7. The minimum absolute atomic E-state index is 0.0623. The number of piperidine rings is 1. The second-order valence-corrected chi connectivity index (χ2v) is 7.16. The van der Waals surface area contributed by atoms with Crippen molar-refractivity contribution < 1.29 is 4.79 Å². The number of tetrazole rings is 1. The van der Waals surface area contributed by atoms with Crippen molar-refractivity contribution in [3.8, 4) is 5.69 Å². The van der Waals surface area contributed by atoms with Gasteiger partial charge < -0.3 is 9.88 Å². The third-order valence-electron chi connectivity index (χ3n) is 5.55. The molecule has 0 radical (unpaired) electrons. The van der Waals surface area contributed by atoms with Gasteiger partial charge in [0.2, 0.25) is 0 Å². The van der Waals surface area contributed by atoms with Crippen molar-refractivity contribution in [2.24, 2.45) is 0 Å². The summed E-state index contributed by atoms with van der Waals surface area (Å²) in [6, 6.07) is 15.8. The Hall–Kier alpha value is -3.48. The Balaban J connectivity index is 1.30. The molecule has 140 valence electrons. The number of amides is 1. The summed E-state index contributed by atoms with van der Waals surface area (Å²) in [5.41, 5.74) is 3.99. The molecule has 5 rings (SSSR count). The maximum Gasteiger partial charge on any atom is 0.253 e. The fourth-order valence-corrected chi connectivity index (χ4v) is 4.07. The molecule has 2 aromatic carbocycles. The number of carbonyl (C=O) groups is 1. The smallest absolute Gasteiger partial charge is 0.253 e. The van der Waals surface area contributed by atoms with Gasteiger partial charge in [0.05, 0.1) is 5.69 Å². The van der Waals surface area contributed by atoms with Crippen LogP contribution in [0, 0.1) is 0 Å². The van der Waals surface area contributed by atoms with Crippen molar-refractivity contribution in [3.63, 3.8) is 0 Å². The lowest BCUT2D eigenvalue weighted by Crippen LogP contribution is -2.37. The second-order valence-electron chi connectivity index (χ2n) is 7.16. The van der Waals surface area contributed by atoms with Crippen LogP contribution in [0.25, 0.3) is 16.6 Å². The van der Waals surface area contributed by atoms with Gasteiger partial charge in [0.25, 0.3) is 5.91 Å². The van der Waals surface area contributed by atoms with Crippen LogP contribution in [0.15, 0.2) is 61.1 Å². The Morgan fingerprint density at radius 2 is 1.93 bits per heavy atom. The molecule has 1 aliphatic heterocycles. The van der Waals surface area contributed by atoms with E-state index in [2.05, 4.69) is 44.9 Å². The first-order valence-electron chi connectivity index (χ1n) is 9.48. The van der Waals surface area contributed by atoms with Crippen LogP contribution in [0.4, 0.5) is 0 Å². The average molecular weight is 372 g/mol. The summed E-state index contributed by atoms with van der Waals surface area (Å²) < 4.78 is 1.56. The van der Waals surface area contributed by atoms with E-state index in [0.717, 1.165) is 31.6 Å². The van der Waals surface area contributed by atoms with Crippen LogP contribution in [-0.2, 0) is 0 Å². The molecule has 0 spiro atoms. The van der Waals surface area contributed by atoms with Crippen LogP contribution in [0.1, 0.15) is 34.7 Å². The second kappa shape index (κ2) is 6.92. The van der Waals surface area contributed by atoms with Gasteiger partial charge in [0.1, 0.15) is 6.33 Å². The third kappa shape index (κ3) is 2.94. The molecule has 1 saturated heterocycles. The largest absolute Gasteiger partial charge is 0.361 e. The van der Waals surface area contributed by atoms with Crippen LogP contribution >= 0.6 is 0 Å². The van der Waals surface area contributed by atoms with E-state index in [-0.39, 0.29) is 5.91 Å². The van der Waals surface area contributed by atoms with E-state index in [0.29, 0.717) is 11.5 Å². The highest BCUT2D eigenvalue weighted by Crippen LogP contribution is 2.33. The fourth-order valence-electron chi connectivity index (χ4n) is 4.07. The molecule has 3 heterocycles. The van der Waals surface area contributed by atoms with Gasteiger partial charge in [-0.3, -0.25) is 4.79 Å². The molecule has 0 aliphatic carbocycles. The summed E-state index contributed by atoms with van der Waals surface area (Å²) in [5, 5.41) is 12.5. The van der Waals surface area contributed by atoms with E-state index in [9.17, 15) is 4.79 Å². The van der Waals surface area contributed by atoms with E-state index in [4.69, 9.17) is 0 Å². The minimum Gasteiger partial charge on any atom is -0.361 e. The lowest BCUT2D eigenvalue weighted by molar-refractivity contribution is 0.0713. The number of carbonyl (C=O) groups excluding carboxylic acids is 1. The number of H-pyrrole nitrogens is 1. The standard InChI is InChI=1S/C21H20N6O/c28-21(16-4-3-5-17(12-16)27-14-23-24-25-27)26-10-8-15(9-11-26)19-13-22-20-7-2-1-6-18(19)20/h1-7,12-15,22H,8-11H2. The first-order chi connectivity index (χ1) is 13.8. The van der Waals surface area contributed by atoms with Gasteiger partial charge in [0.15, 0.2) is 0 Å². The van der Waals surface area contributed by atoms with Crippen molar-refractivity contribution in [3.05, 3.63) is 72.2 Å². The highest BCUT2D eigenvalue weighted by Gasteiger charge is 2.26. The zero-order valence-electron chi connectivity index (χ0n) is 15.3. The van der Waals surface area contributed by atoms with E-state index < -0.39 is 0 Å². The number of nitrogens with zero attached hydrogens (tertiary/aromatic N) is 5. The van der Waals surface area contributed by atoms with E-state index in [1.165, 1.54) is 22.8 Å². The van der Waals surface area contributed by atoms with Crippen molar-refractivity contribution in [2.45, 2.75) is 18.8 Å². The van der Waals surface area contributed by atoms with E-state index in [1.54, 1.807) is 4.68 Å². The van der Waals surface area contributed by atoms with Gasteiger partial charge >= 0.3 is 0 Å². The van der Waals surface area contributed by atoms with Crippen LogP contribution in [-0.4, -0.2) is 49.1 Å². The molecule has 1 fully saturated rings. The molecule has 7 nitrogen and oxygen atoms in total. The highest BCUT2D eigenvalue weighted by molar-refractivity contribution is 5.95. The molecule has 1 N–H and O–H groups in total. The Labute approximate surface area is 162 Å². The number of aromatic amines is 1. The Morgan fingerprint density at radius 3 is 2.75 bits per heavy atom. The summed E-state index contributed by atoms with van der Waals surface area (Å²) in [7, 11) is 0. The van der Waals surface area contributed by atoms with Crippen LogP contribution in [0.2, 0.25) is 0 Å². The highest BCUT2D eigenvalue weighted by atomic mass is 16.2. The van der Waals surface area contributed by atoms with Crippen molar-refractivity contribution >= 4 is 16.8 Å². The molecule has 0 atom stereocenters. The predicted octanol–water partition coefficient (Wildman–Crippen LogP) is 3.16. The summed E-state index contributed by atoms with van der Waals surface area (Å²) in [6.45, 7) is 1.52. The molecule has 1 amide bonds. The van der Waals surface area contributed by atoms with Gasteiger partial charge in [-0.1, -0.05) is 24.3 Å². The third-order valence-corrected chi connectivity index (χ3v) is 5.55. The maximum atomic E-state index is 13.0. The van der Waals surface area contributed by atoms with E-state index in [1.807, 2.05) is 35.2 Å². The number of likely N-dealkylation sites (tertiary alicyclic amines) is 1. The number of fused-ring (bicyclic) bond motifs is 1. The SMILES string of the molecule is O=C(c1cccc(-n2cnnn2)c1)N1CCC(c2c[nH]c3ccccc23)CC1. The zero-order valence-corrected chi connectivity index (χ0v) is 15.3. The van der Waals surface area contributed by atoms with Crippen LogP contribution in [0.3, 0.4) is 0 Å². The summed E-state index contributed by atoms with van der Waals surface area (Å²) in [4.78, 5) is 18.3. The quantitative estimate of drug-likeness (QED) is 0.599. The molecule has 0 saturated carbocycles. The molecular weight excluding hydrogens is 352 g/mol. The van der Waals surface area contributed by atoms with Crippen molar-refractivity contribution in [1.82, 2.24) is 30.1 Å². The Kier molecular flexibility index (Phi) is 4.12. The number of hydrogen-bond donors (Lipinski definition) is 1. The van der Waals surface area contributed by atoms with Gasteiger partial charge in [0, 0.05) is 35.8 Å². The fraction of sp³-hybridized carbons (Fsp3) is 0.238.